The first-order chi connectivity index (χ1) is 11.2. The Balaban J connectivity index is 1.78. The number of hydrogen-bond acceptors (Lipinski definition) is 3. The number of aromatic nitrogens is 3. The van der Waals surface area contributed by atoms with Gasteiger partial charge in [0.05, 0.1) is 0 Å². The Morgan fingerprint density at radius 1 is 1.22 bits per heavy atom. The molecule has 1 aromatic heterocycles. The summed E-state index contributed by atoms with van der Waals surface area (Å²) >= 11 is 0. The summed E-state index contributed by atoms with van der Waals surface area (Å²) < 4.78 is 2.34. The fraction of sp³-hybridized carbons (Fsp3) is 0.824. The third-order valence-electron chi connectivity index (χ3n) is 4.01. The van der Waals surface area contributed by atoms with Gasteiger partial charge in [0.1, 0.15) is 11.6 Å². The Morgan fingerprint density at radius 3 is 2.87 bits per heavy atom. The smallest absolute Gasteiger partial charge is 0.191 e. The van der Waals surface area contributed by atoms with Gasteiger partial charge in [0.15, 0.2) is 5.96 Å². The number of fused-ring (bicyclic) bond motifs is 1. The van der Waals surface area contributed by atoms with Crippen LogP contribution in [-0.4, -0.2) is 40.4 Å². The Labute approximate surface area is 140 Å². The Morgan fingerprint density at radius 2 is 2.09 bits per heavy atom. The maximum absolute atomic E-state index is 4.59. The van der Waals surface area contributed by atoms with E-state index in [1.807, 2.05) is 0 Å². The third kappa shape index (κ3) is 5.84. The molecule has 0 bridgehead atoms. The maximum atomic E-state index is 4.59. The van der Waals surface area contributed by atoms with Crippen LogP contribution in [0.3, 0.4) is 0 Å². The molecule has 2 rings (SSSR count). The molecule has 0 aliphatic carbocycles. The van der Waals surface area contributed by atoms with E-state index in [4.69, 9.17) is 0 Å². The minimum Gasteiger partial charge on any atom is -0.357 e. The highest BCUT2D eigenvalue weighted by Gasteiger charge is 2.14. The third-order valence-corrected chi connectivity index (χ3v) is 4.01. The van der Waals surface area contributed by atoms with Crippen molar-refractivity contribution in [3.63, 3.8) is 0 Å². The summed E-state index contributed by atoms with van der Waals surface area (Å²) in [6.45, 7) is 10.2. The van der Waals surface area contributed by atoms with Crippen molar-refractivity contribution in [2.75, 3.05) is 19.6 Å². The van der Waals surface area contributed by atoms with E-state index >= 15 is 0 Å². The average molecular weight is 320 g/mol. The molecule has 0 saturated carbocycles. The molecule has 6 heteroatoms. The van der Waals surface area contributed by atoms with Crippen LogP contribution in [0.1, 0.15) is 58.1 Å². The molecule has 0 fully saturated rings. The van der Waals surface area contributed by atoms with Crippen LogP contribution in [-0.2, 0) is 19.4 Å². The van der Waals surface area contributed by atoms with E-state index in [2.05, 4.69) is 51.2 Å². The standard InChI is InChI=1S/C17H32N6/c1-4-18-17(20-13-14(2)3)19-11-8-10-16-22-21-15-9-6-5-7-12-23(15)16/h14H,4-13H2,1-3H3,(H2,18,19,20). The van der Waals surface area contributed by atoms with Crippen LogP contribution in [0.15, 0.2) is 4.99 Å². The number of aryl methyl sites for hydroxylation is 2. The molecule has 0 aromatic carbocycles. The molecule has 2 heterocycles. The molecule has 1 aliphatic rings. The number of aliphatic imine (C=N–C) groups is 1. The number of rotatable bonds is 7. The fourth-order valence-electron chi connectivity index (χ4n) is 2.80. The summed E-state index contributed by atoms with van der Waals surface area (Å²) in [4.78, 5) is 4.59. The van der Waals surface area contributed by atoms with Crippen molar-refractivity contribution in [2.45, 2.75) is 65.8 Å². The Hall–Kier alpha value is -1.59. The number of nitrogens with one attached hydrogen (secondary N) is 2. The van der Waals surface area contributed by atoms with Crippen LogP contribution < -0.4 is 10.6 Å². The summed E-state index contributed by atoms with van der Waals surface area (Å²) in [6, 6.07) is 0. The van der Waals surface area contributed by atoms with Gasteiger partial charge in [-0.15, -0.1) is 10.2 Å². The summed E-state index contributed by atoms with van der Waals surface area (Å²) in [5, 5.41) is 15.5. The largest absolute Gasteiger partial charge is 0.357 e. The molecule has 0 saturated heterocycles. The predicted octanol–water partition coefficient (Wildman–Crippen LogP) is 2.15. The molecule has 0 spiro atoms. The zero-order valence-corrected chi connectivity index (χ0v) is 14.9. The molecule has 0 radical (unpaired) electrons. The summed E-state index contributed by atoms with van der Waals surface area (Å²) in [5.41, 5.74) is 0. The lowest BCUT2D eigenvalue weighted by Gasteiger charge is -2.12. The quantitative estimate of drug-likeness (QED) is 0.459. The molecule has 1 aromatic rings. The number of guanidine groups is 1. The Kier molecular flexibility index (Phi) is 7.36. The first kappa shape index (κ1) is 17.8. The highest BCUT2D eigenvalue weighted by molar-refractivity contribution is 5.79. The number of hydrogen-bond donors (Lipinski definition) is 2. The van der Waals surface area contributed by atoms with Crippen LogP contribution in [0.25, 0.3) is 0 Å². The highest BCUT2D eigenvalue weighted by atomic mass is 15.3. The summed E-state index contributed by atoms with van der Waals surface area (Å²) in [5.74, 6) is 3.82. The van der Waals surface area contributed by atoms with Gasteiger partial charge in [0.2, 0.25) is 0 Å². The lowest BCUT2D eigenvalue weighted by Crippen LogP contribution is -2.38. The van der Waals surface area contributed by atoms with E-state index in [1.54, 1.807) is 0 Å². The molecular weight excluding hydrogens is 288 g/mol. The molecule has 0 amide bonds. The van der Waals surface area contributed by atoms with E-state index in [0.717, 1.165) is 57.2 Å². The van der Waals surface area contributed by atoms with Crippen molar-refractivity contribution < 1.29 is 0 Å². The second-order valence-corrected chi connectivity index (χ2v) is 6.64. The van der Waals surface area contributed by atoms with Gasteiger partial charge in [-0.25, -0.2) is 0 Å². The van der Waals surface area contributed by atoms with E-state index in [1.165, 1.54) is 25.1 Å². The van der Waals surface area contributed by atoms with Crippen molar-refractivity contribution in [3.05, 3.63) is 11.6 Å². The lowest BCUT2D eigenvalue weighted by atomic mass is 10.2. The van der Waals surface area contributed by atoms with Crippen LogP contribution >= 0.6 is 0 Å². The first-order valence-corrected chi connectivity index (χ1v) is 9.13. The van der Waals surface area contributed by atoms with Gasteiger partial charge in [-0.1, -0.05) is 20.3 Å². The van der Waals surface area contributed by atoms with E-state index < -0.39 is 0 Å². The van der Waals surface area contributed by atoms with E-state index in [0.29, 0.717) is 5.92 Å². The highest BCUT2D eigenvalue weighted by Crippen LogP contribution is 2.15. The van der Waals surface area contributed by atoms with Crippen LogP contribution in [0.4, 0.5) is 0 Å². The van der Waals surface area contributed by atoms with Gasteiger partial charge in [-0.05, 0) is 32.1 Å². The minimum atomic E-state index is 0.580. The van der Waals surface area contributed by atoms with Gasteiger partial charge in [0.25, 0.3) is 0 Å². The SMILES string of the molecule is CCNC(=NCC(C)C)NCCCc1nnc2n1CCCCC2. The van der Waals surface area contributed by atoms with Crippen LogP contribution in [0.2, 0.25) is 0 Å². The molecule has 1 aliphatic heterocycles. The van der Waals surface area contributed by atoms with E-state index in [-0.39, 0.29) is 0 Å². The van der Waals surface area contributed by atoms with Crippen molar-refractivity contribution in [3.8, 4) is 0 Å². The summed E-state index contributed by atoms with van der Waals surface area (Å²) in [7, 11) is 0. The molecule has 2 N–H and O–H groups in total. The monoisotopic (exact) mass is 320 g/mol. The lowest BCUT2D eigenvalue weighted by molar-refractivity contribution is 0.593. The molecule has 0 atom stereocenters. The van der Waals surface area contributed by atoms with Gasteiger partial charge < -0.3 is 15.2 Å². The number of nitrogens with zero attached hydrogens (tertiary/aromatic N) is 4. The molecule has 0 unspecified atom stereocenters. The van der Waals surface area contributed by atoms with Gasteiger partial charge in [-0.3, -0.25) is 4.99 Å². The topological polar surface area (TPSA) is 67.1 Å². The van der Waals surface area contributed by atoms with Gasteiger partial charge in [-0.2, -0.15) is 0 Å². The van der Waals surface area contributed by atoms with Crippen molar-refractivity contribution in [1.29, 1.82) is 0 Å². The maximum Gasteiger partial charge on any atom is 0.191 e. The summed E-state index contributed by atoms with van der Waals surface area (Å²) in [6.07, 6.45) is 6.91. The fourth-order valence-corrected chi connectivity index (χ4v) is 2.80. The van der Waals surface area contributed by atoms with Crippen molar-refractivity contribution in [2.24, 2.45) is 10.9 Å². The van der Waals surface area contributed by atoms with Gasteiger partial charge in [0, 0.05) is 39.0 Å². The van der Waals surface area contributed by atoms with Crippen molar-refractivity contribution in [1.82, 2.24) is 25.4 Å². The van der Waals surface area contributed by atoms with Gasteiger partial charge >= 0.3 is 0 Å². The predicted molar refractivity (Wildman–Crippen MR) is 94.7 cm³/mol. The molecule has 6 nitrogen and oxygen atoms in total. The molecule has 23 heavy (non-hydrogen) atoms. The first-order valence-electron chi connectivity index (χ1n) is 9.13. The normalized spacial score (nSPS) is 15.4. The second-order valence-electron chi connectivity index (χ2n) is 6.64. The second kappa shape index (κ2) is 9.53. The van der Waals surface area contributed by atoms with E-state index in [9.17, 15) is 0 Å². The molecule has 130 valence electrons. The minimum absolute atomic E-state index is 0.580. The van der Waals surface area contributed by atoms with Crippen LogP contribution in [0.5, 0.6) is 0 Å². The van der Waals surface area contributed by atoms with Crippen LogP contribution in [0, 0.1) is 5.92 Å². The zero-order valence-electron chi connectivity index (χ0n) is 14.9. The Bertz CT molecular complexity index is 491. The molecular formula is C17H32N6. The zero-order chi connectivity index (χ0) is 16.5. The average Bonchev–Trinajstić information content (AvgIpc) is 2.76. The van der Waals surface area contributed by atoms with Crippen molar-refractivity contribution >= 4 is 5.96 Å².